The molecule has 2 aliphatic rings. The molecule has 1 saturated heterocycles. The van der Waals surface area contributed by atoms with Crippen LogP contribution in [0.2, 0.25) is 0 Å². The third-order valence-electron chi connectivity index (χ3n) is 5.39. The van der Waals surface area contributed by atoms with Crippen molar-refractivity contribution in [3.05, 3.63) is 56.1 Å². The molecule has 0 radical (unpaired) electrons. The number of aromatic amines is 1. The quantitative estimate of drug-likeness (QED) is 0.253. The number of carbonyl (C=O) groups excluding carboxylic acids is 1. The molecule has 1 fully saturated rings. The van der Waals surface area contributed by atoms with Crippen LogP contribution < -0.4 is 20.9 Å². The molecule has 2 aliphatic heterocycles. The third kappa shape index (κ3) is 5.10. The number of nitrogens with zero attached hydrogens (tertiary/aromatic N) is 2. The number of hydrogen-bond acceptors (Lipinski definition) is 10. The van der Waals surface area contributed by atoms with Crippen LogP contribution in [-0.4, -0.2) is 49.0 Å². The molecule has 13 nitrogen and oxygen atoms in total. The van der Waals surface area contributed by atoms with Gasteiger partial charge < -0.3 is 19.1 Å². The first-order valence-electron chi connectivity index (χ1n) is 10.2. The summed E-state index contributed by atoms with van der Waals surface area (Å²) in [4.78, 5) is 40.6. The minimum absolute atomic E-state index is 0.0293. The molecule has 3 N–H and O–H groups in total. The second kappa shape index (κ2) is 9.56. The van der Waals surface area contributed by atoms with Gasteiger partial charge in [-0.25, -0.2) is 18.8 Å². The van der Waals surface area contributed by atoms with Gasteiger partial charge >= 0.3 is 19.4 Å². The van der Waals surface area contributed by atoms with Gasteiger partial charge in [-0.1, -0.05) is 0 Å². The molecule has 0 saturated carbocycles. The molecule has 2 aromatic heterocycles. The molecule has 2 aromatic rings. The summed E-state index contributed by atoms with van der Waals surface area (Å²) < 4.78 is 48.0. The van der Waals surface area contributed by atoms with E-state index in [9.17, 15) is 24.1 Å². The number of aromatic nitrogens is 3. The highest BCUT2D eigenvalue weighted by molar-refractivity contribution is 9.10. The number of aliphatic hydroxyl groups excluding tert-OH is 1. The molecule has 0 aliphatic carbocycles. The van der Waals surface area contributed by atoms with Crippen LogP contribution in [0.25, 0.3) is 0 Å². The minimum atomic E-state index is -4.00. The molecular formula is C19H21BrFN4O9P. The minimum Gasteiger partial charge on any atom is -0.461 e. The van der Waals surface area contributed by atoms with Crippen molar-refractivity contribution in [2.24, 2.45) is 0 Å². The molecule has 0 spiro atoms. The van der Waals surface area contributed by atoms with Crippen LogP contribution in [0.3, 0.4) is 0 Å². The number of pyridine rings is 1. The number of aliphatic hydroxyl groups is 1. The van der Waals surface area contributed by atoms with E-state index in [0.717, 1.165) is 16.8 Å². The van der Waals surface area contributed by atoms with Crippen LogP contribution in [0, 0.1) is 6.92 Å². The van der Waals surface area contributed by atoms with Gasteiger partial charge in [0.15, 0.2) is 12.0 Å². The number of ether oxygens (including phenoxy) is 2. The number of carbonyl (C=O) groups is 1. The fraction of sp³-hybridized carbons (Fsp3) is 0.474. The summed E-state index contributed by atoms with van der Waals surface area (Å²) in [5.74, 6) is -0.297. The largest absolute Gasteiger partial charge is 0.461 e. The van der Waals surface area contributed by atoms with Gasteiger partial charge in [0.1, 0.15) is 18.8 Å². The van der Waals surface area contributed by atoms with Crippen LogP contribution in [0.1, 0.15) is 30.0 Å². The molecule has 16 heteroatoms. The first kappa shape index (κ1) is 25.7. The van der Waals surface area contributed by atoms with E-state index in [1.807, 2.05) is 4.98 Å². The average molecular weight is 579 g/mol. The number of rotatable bonds is 6. The molecule has 4 rings (SSSR count). The lowest BCUT2D eigenvalue weighted by Crippen LogP contribution is -2.41. The van der Waals surface area contributed by atoms with Gasteiger partial charge in [0, 0.05) is 43.1 Å². The van der Waals surface area contributed by atoms with E-state index in [4.69, 9.17) is 18.5 Å². The highest BCUT2D eigenvalue weighted by atomic mass is 79.9. The Morgan fingerprint density at radius 2 is 2.23 bits per heavy atom. The van der Waals surface area contributed by atoms with E-state index in [0.29, 0.717) is 16.8 Å². The summed E-state index contributed by atoms with van der Waals surface area (Å²) in [5.41, 5.74) is -0.110. The normalized spacial score (nSPS) is 29.9. The monoisotopic (exact) mass is 578 g/mol. The van der Waals surface area contributed by atoms with E-state index in [1.165, 1.54) is 13.1 Å². The van der Waals surface area contributed by atoms with E-state index < -0.39 is 54.6 Å². The smallest absolute Gasteiger partial charge is 0.459 e. The Labute approximate surface area is 205 Å². The van der Waals surface area contributed by atoms with Crippen LogP contribution >= 0.6 is 23.7 Å². The fourth-order valence-corrected chi connectivity index (χ4v) is 5.59. The SMILES string of the molecule is CC(=O)OCc1cnc(C)c2c1CNP(=O)(OC[C@H]1O[C@@H](n3ccc(=O)[nH]c3=O)[C@@](F)(Br)C1O)O2. The van der Waals surface area contributed by atoms with E-state index in [2.05, 4.69) is 26.0 Å². The predicted molar refractivity (Wildman–Crippen MR) is 119 cm³/mol. The summed E-state index contributed by atoms with van der Waals surface area (Å²) in [7, 11) is -4.00. The van der Waals surface area contributed by atoms with Crippen molar-refractivity contribution >= 4 is 29.6 Å². The second-order valence-corrected chi connectivity index (χ2v) is 10.8. The highest BCUT2D eigenvalue weighted by Gasteiger charge is 2.57. The van der Waals surface area contributed by atoms with Gasteiger partial charge in [0.25, 0.3) is 5.56 Å². The molecule has 0 aromatic carbocycles. The number of alkyl halides is 2. The Morgan fingerprint density at radius 1 is 1.49 bits per heavy atom. The van der Waals surface area contributed by atoms with Crippen molar-refractivity contribution < 1.29 is 37.4 Å². The Hall–Kier alpha value is -2.42. The van der Waals surface area contributed by atoms with Gasteiger partial charge in [0.2, 0.25) is 4.58 Å². The summed E-state index contributed by atoms with van der Waals surface area (Å²) in [6, 6.07) is 0.992. The van der Waals surface area contributed by atoms with Crippen LogP contribution in [0.4, 0.5) is 4.39 Å². The first-order valence-corrected chi connectivity index (χ1v) is 12.6. The number of nitrogens with one attached hydrogen (secondary N) is 2. The second-order valence-electron chi connectivity index (χ2n) is 7.84. The van der Waals surface area contributed by atoms with Gasteiger partial charge in [-0.2, -0.15) is 0 Å². The van der Waals surface area contributed by atoms with Crippen molar-refractivity contribution in [2.75, 3.05) is 6.61 Å². The van der Waals surface area contributed by atoms with E-state index in [-0.39, 0.29) is 18.9 Å². The zero-order valence-corrected chi connectivity index (χ0v) is 20.9. The number of H-pyrrole nitrogens is 1. The van der Waals surface area contributed by atoms with Gasteiger partial charge in [-0.05, 0) is 22.9 Å². The Kier molecular flexibility index (Phi) is 7.01. The molecule has 190 valence electrons. The zero-order valence-electron chi connectivity index (χ0n) is 18.4. The Bertz CT molecular complexity index is 1320. The first-order chi connectivity index (χ1) is 16.4. The molecule has 4 heterocycles. The summed E-state index contributed by atoms with van der Waals surface area (Å²) in [6.07, 6.45) is -2.33. The number of aryl methyl sites for hydroxylation is 1. The predicted octanol–water partition coefficient (Wildman–Crippen LogP) is 0.929. The maximum absolute atomic E-state index is 15.2. The highest BCUT2D eigenvalue weighted by Crippen LogP contribution is 2.52. The molecular weight excluding hydrogens is 558 g/mol. The molecule has 0 amide bonds. The summed E-state index contributed by atoms with van der Waals surface area (Å²) in [6.45, 7) is 2.29. The van der Waals surface area contributed by atoms with E-state index >= 15 is 4.39 Å². The Morgan fingerprint density at radius 3 is 2.91 bits per heavy atom. The van der Waals surface area contributed by atoms with Crippen LogP contribution in [-0.2, 0) is 36.5 Å². The Balaban J connectivity index is 1.49. The van der Waals surface area contributed by atoms with Gasteiger partial charge in [-0.15, -0.1) is 0 Å². The fourth-order valence-electron chi connectivity index (χ4n) is 3.58. The number of halogens is 2. The van der Waals surface area contributed by atoms with Crippen LogP contribution in [0.5, 0.6) is 5.75 Å². The lowest BCUT2D eigenvalue weighted by molar-refractivity contribution is -0.142. The maximum atomic E-state index is 15.2. The molecule has 0 bridgehead atoms. The van der Waals surface area contributed by atoms with Crippen molar-refractivity contribution in [3.63, 3.8) is 0 Å². The van der Waals surface area contributed by atoms with Crippen molar-refractivity contribution in [2.45, 2.75) is 50.0 Å². The summed E-state index contributed by atoms with van der Waals surface area (Å²) in [5, 5.41) is 13.1. The zero-order chi connectivity index (χ0) is 25.5. The standard InChI is InChI=1S/C19H21BrFN4O9P/c1-9-15-12(11(5-22-9)7-31-10(2)26)6-23-35(30,34-15)32-8-13-16(28)19(20,21)17(33-13)25-4-3-14(27)24-18(25)29/h3-5,13,16-17,28H,6-8H2,1-2H3,(H,23,30)(H,24,27,29)/t13-,16?,17-,19-,35?/m1/s1. The third-order valence-corrected chi connectivity index (χ3v) is 7.71. The van der Waals surface area contributed by atoms with Crippen molar-refractivity contribution in [3.8, 4) is 5.75 Å². The molecule has 5 atom stereocenters. The maximum Gasteiger partial charge on any atom is 0.459 e. The van der Waals surface area contributed by atoms with Crippen LogP contribution in [0.15, 0.2) is 28.0 Å². The molecule has 2 unspecified atom stereocenters. The van der Waals surface area contributed by atoms with Gasteiger partial charge in [0.05, 0.1) is 12.3 Å². The number of fused-ring (bicyclic) bond motifs is 1. The number of hydrogen-bond donors (Lipinski definition) is 3. The van der Waals surface area contributed by atoms with Gasteiger partial charge in [-0.3, -0.25) is 28.6 Å². The number of esters is 1. The van der Waals surface area contributed by atoms with E-state index in [1.54, 1.807) is 6.92 Å². The summed E-state index contributed by atoms with van der Waals surface area (Å²) >= 11 is 2.74. The topological polar surface area (TPSA) is 171 Å². The lowest BCUT2D eigenvalue weighted by atomic mass is 10.1. The average Bonchev–Trinajstić information content (AvgIpc) is 3.01. The molecule has 35 heavy (non-hydrogen) atoms. The van der Waals surface area contributed by atoms with Crippen molar-refractivity contribution in [1.29, 1.82) is 0 Å². The van der Waals surface area contributed by atoms with Crippen molar-refractivity contribution in [1.82, 2.24) is 19.6 Å². The lowest BCUT2D eigenvalue weighted by Gasteiger charge is -2.29.